The van der Waals surface area contributed by atoms with E-state index in [9.17, 15) is 4.79 Å². The van der Waals surface area contributed by atoms with E-state index in [1.807, 2.05) is 12.1 Å². The molecule has 0 radical (unpaired) electrons. The van der Waals surface area contributed by atoms with E-state index in [4.69, 9.17) is 15.3 Å². The maximum Gasteiger partial charge on any atom is 0.237 e. The summed E-state index contributed by atoms with van der Waals surface area (Å²) in [6.07, 6.45) is 5.06. The van der Waals surface area contributed by atoms with Crippen LogP contribution in [0.3, 0.4) is 0 Å². The second-order valence-corrected chi connectivity index (χ2v) is 6.56. The molecule has 25 heavy (non-hydrogen) atoms. The minimum atomic E-state index is -0.0547. The molecule has 1 aliphatic heterocycles. The molecule has 6 heteroatoms. The molecule has 1 amide bonds. The lowest BCUT2D eigenvalue weighted by atomic mass is 9.96. The van der Waals surface area contributed by atoms with E-state index in [2.05, 4.69) is 23.3 Å². The first-order chi connectivity index (χ1) is 12.2. The molecule has 0 spiro atoms. The maximum atomic E-state index is 11.6. The van der Waals surface area contributed by atoms with Gasteiger partial charge in [0.2, 0.25) is 5.91 Å². The van der Waals surface area contributed by atoms with Crippen molar-refractivity contribution in [3.8, 4) is 11.5 Å². The van der Waals surface area contributed by atoms with Gasteiger partial charge in [0.15, 0.2) is 11.5 Å². The lowest BCUT2D eigenvalue weighted by molar-refractivity contribution is -0.126. The molecule has 0 unspecified atom stereocenters. The number of carbonyl (C=O) groups is 1. The van der Waals surface area contributed by atoms with E-state index in [0.29, 0.717) is 6.61 Å². The first-order valence-corrected chi connectivity index (χ1v) is 9.21. The van der Waals surface area contributed by atoms with Crippen LogP contribution < -0.4 is 20.7 Å². The zero-order valence-electron chi connectivity index (χ0n) is 15.4. The van der Waals surface area contributed by atoms with Crippen LogP contribution in [0, 0.1) is 5.92 Å². The lowest BCUT2D eigenvalue weighted by Crippen LogP contribution is -2.42. The third-order valence-corrected chi connectivity index (χ3v) is 4.77. The number of nitrogens with two attached hydrogens (primary N) is 1. The number of hydrogen-bond acceptors (Lipinski definition) is 5. The predicted molar refractivity (Wildman–Crippen MR) is 98.3 cm³/mol. The molecule has 3 N–H and O–H groups in total. The van der Waals surface area contributed by atoms with Crippen LogP contribution >= 0.6 is 0 Å². The highest BCUT2D eigenvalue weighted by Gasteiger charge is 2.25. The Morgan fingerprint density at radius 2 is 2.08 bits per heavy atom. The average Bonchev–Trinajstić information content (AvgIpc) is 2.66. The van der Waals surface area contributed by atoms with Gasteiger partial charge in [-0.2, -0.15) is 0 Å². The van der Waals surface area contributed by atoms with E-state index < -0.39 is 0 Å². The van der Waals surface area contributed by atoms with Gasteiger partial charge in [0, 0.05) is 18.0 Å². The van der Waals surface area contributed by atoms with Crippen LogP contribution in [0.25, 0.3) is 0 Å². The summed E-state index contributed by atoms with van der Waals surface area (Å²) in [5.74, 6) is 6.84. The molecular weight excluding hydrogens is 318 g/mol. The minimum Gasteiger partial charge on any atom is -0.493 e. The molecule has 2 rings (SSSR count). The molecule has 1 fully saturated rings. The predicted octanol–water partition coefficient (Wildman–Crippen LogP) is 2.47. The van der Waals surface area contributed by atoms with Gasteiger partial charge in [0.05, 0.1) is 13.7 Å². The Kier molecular flexibility index (Phi) is 8.01. The van der Waals surface area contributed by atoms with Gasteiger partial charge in [0.1, 0.15) is 0 Å². The number of hydrogen-bond donors (Lipinski definition) is 2. The number of ether oxygens (including phenoxy) is 2. The Labute approximate surface area is 150 Å². The van der Waals surface area contributed by atoms with Crippen molar-refractivity contribution in [3.05, 3.63) is 23.8 Å². The fourth-order valence-electron chi connectivity index (χ4n) is 3.25. The number of nitrogens with one attached hydrogen (secondary N) is 1. The zero-order chi connectivity index (χ0) is 18.1. The molecule has 1 heterocycles. The number of carbonyl (C=O) groups excluding carboxylic acids is 1. The van der Waals surface area contributed by atoms with E-state index in [0.717, 1.165) is 56.0 Å². The number of likely N-dealkylation sites (tertiary alicyclic amines) is 1. The largest absolute Gasteiger partial charge is 0.493 e. The number of rotatable bonds is 9. The average molecular weight is 349 g/mol. The fourth-order valence-corrected chi connectivity index (χ4v) is 3.25. The molecule has 1 saturated heterocycles. The highest BCUT2D eigenvalue weighted by atomic mass is 16.5. The molecule has 0 aromatic heterocycles. The fraction of sp³-hybridized carbons (Fsp3) is 0.632. The van der Waals surface area contributed by atoms with Crippen LogP contribution in [-0.4, -0.2) is 37.6 Å². The van der Waals surface area contributed by atoms with Crippen molar-refractivity contribution in [3.63, 3.8) is 0 Å². The maximum absolute atomic E-state index is 11.6. The van der Waals surface area contributed by atoms with E-state index in [1.54, 1.807) is 7.11 Å². The molecule has 1 aromatic rings. The van der Waals surface area contributed by atoms with Crippen molar-refractivity contribution in [1.29, 1.82) is 0 Å². The summed E-state index contributed by atoms with van der Waals surface area (Å²) in [5, 5.41) is 0. The van der Waals surface area contributed by atoms with Gasteiger partial charge < -0.3 is 9.47 Å². The van der Waals surface area contributed by atoms with Crippen molar-refractivity contribution >= 4 is 5.91 Å². The van der Waals surface area contributed by atoms with Crippen LogP contribution in [0.2, 0.25) is 0 Å². The lowest BCUT2D eigenvalue weighted by Gasteiger charge is -2.31. The van der Waals surface area contributed by atoms with Crippen LogP contribution in [0.5, 0.6) is 11.5 Å². The Bertz CT molecular complexity index is 543. The summed E-state index contributed by atoms with van der Waals surface area (Å²) >= 11 is 0. The van der Waals surface area contributed by atoms with E-state index in [-0.39, 0.29) is 11.8 Å². The molecule has 0 atom stereocenters. The van der Waals surface area contributed by atoms with Gasteiger partial charge in [-0.25, -0.2) is 5.84 Å². The normalized spacial score (nSPS) is 15.8. The zero-order valence-corrected chi connectivity index (χ0v) is 15.4. The summed E-state index contributed by atoms with van der Waals surface area (Å²) in [6.45, 7) is 5.45. The highest BCUT2D eigenvalue weighted by molar-refractivity contribution is 5.78. The number of nitrogens with zero attached hydrogens (tertiary/aromatic N) is 1. The van der Waals surface area contributed by atoms with Crippen molar-refractivity contribution in [1.82, 2.24) is 10.3 Å². The van der Waals surface area contributed by atoms with Crippen molar-refractivity contribution < 1.29 is 14.3 Å². The summed E-state index contributed by atoms with van der Waals surface area (Å²) in [7, 11) is 1.68. The Morgan fingerprint density at radius 1 is 1.32 bits per heavy atom. The van der Waals surface area contributed by atoms with Crippen molar-refractivity contribution in [2.75, 3.05) is 26.8 Å². The molecule has 0 saturated carbocycles. The smallest absolute Gasteiger partial charge is 0.237 e. The van der Waals surface area contributed by atoms with Crippen molar-refractivity contribution in [2.45, 2.75) is 45.6 Å². The van der Waals surface area contributed by atoms with Crippen LogP contribution in [0.1, 0.15) is 44.6 Å². The first-order valence-electron chi connectivity index (χ1n) is 9.21. The standard InChI is InChI=1S/C19H31N3O3/c1-3-4-5-13-25-18-16(7-6-8-17(18)24-2)14-22-11-9-15(10-12-22)19(23)21-20/h6-8,15H,3-5,9-14,20H2,1-2H3,(H,21,23). The molecule has 0 bridgehead atoms. The molecule has 1 aliphatic rings. The number of amides is 1. The van der Waals surface area contributed by atoms with Gasteiger partial charge in [-0.05, 0) is 38.4 Å². The highest BCUT2D eigenvalue weighted by Crippen LogP contribution is 2.33. The van der Waals surface area contributed by atoms with Gasteiger partial charge in [0.25, 0.3) is 0 Å². The summed E-state index contributed by atoms with van der Waals surface area (Å²) in [4.78, 5) is 14.0. The van der Waals surface area contributed by atoms with Crippen LogP contribution in [0.15, 0.2) is 18.2 Å². The first kappa shape index (κ1) is 19.5. The van der Waals surface area contributed by atoms with Crippen LogP contribution in [-0.2, 0) is 11.3 Å². The third kappa shape index (κ3) is 5.61. The summed E-state index contributed by atoms with van der Waals surface area (Å²) in [6, 6.07) is 6.04. The summed E-state index contributed by atoms with van der Waals surface area (Å²) in [5.41, 5.74) is 3.40. The number of methoxy groups -OCH3 is 1. The topological polar surface area (TPSA) is 76.8 Å². The monoisotopic (exact) mass is 349 g/mol. The Balaban J connectivity index is 1.98. The summed E-state index contributed by atoms with van der Waals surface area (Å²) < 4.78 is 11.5. The number of para-hydroxylation sites is 1. The Morgan fingerprint density at radius 3 is 2.72 bits per heavy atom. The van der Waals surface area contributed by atoms with Crippen molar-refractivity contribution in [2.24, 2.45) is 11.8 Å². The number of benzene rings is 1. The third-order valence-electron chi connectivity index (χ3n) is 4.77. The molecular formula is C19H31N3O3. The number of hydrazine groups is 1. The quantitative estimate of drug-likeness (QED) is 0.310. The van der Waals surface area contributed by atoms with Gasteiger partial charge >= 0.3 is 0 Å². The molecule has 0 aliphatic carbocycles. The van der Waals surface area contributed by atoms with Gasteiger partial charge in [-0.15, -0.1) is 0 Å². The number of unbranched alkanes of at least 4 members (excludes halogenated alkanes) is 2. The Hall–Kier alpha value is -1.79. The van der Waals surface area contributed by atoms with E-state index >= 15 is 0 Å². The molecule has 6 nitrogen and oxygen atoms in total. The van der Waals surface area contributed by atoms with Gasteiger partial charge in [-0.1, -0.05) is 31.9 Å². The second kappa shape index (κ2) is 10.3. The van der Waals surface area contributed by atoms with Gasteiger partial charge in [-0.3, -0.25) is 15.1 Å². The minimum absolute atomic E-state index is 0.0244. The van der Waals surface area contributed by atoms with Crippen LogP contribution in [0.4, 0.5) is 0 Å². The second-order valence-electron chi connectivity index (χ2n) is 6.56. The molecule has 1 aromatic carbocycles. The SMILES string of the molecule is CCCCCOc1c(CN2CCC(C(=O)NN)CC2)cccc1OC. The number of piperidine rings is 1. The van der Waals surface area contributed by atoms with E-state index in [1.165, 1.54) is 12.8 Å². The molecule has 140 valence electrons.